The number of aromatic nitrogens is 2. The van der Waals surface area contributed by atoms with E-state index in [1.165, 1.54) is 10.6 Å². The number of anilines is 1. The van der Waals surface area contributed by atoms with E-state index in [4.69, 9.17) is 4.74 Å². The lowest BCUT2D eigenvalue weighted by Gasteiger charge is -2.12. The lowest BCUT2D eigenvalue weighted by Crippen LogP contribution is -2.22. The minimum atomic E-state index is -4.48. The van der Waals surface area contributed by atoms with Crippen molar-refractivity contribution in [1.29, 1.82) is 0 Å². The van der Waals surface area contributed by atoms with E-state index in [1.807, 2.05) is 0 Å². The number of carbonyl (C=O) groups excluding carboxylic acids is 1. The molecule has 6 nitrogen and oxygen atoms in total. The fourth-order valence-electron chi connectivity index (χ4n) is 3.42. The number of halogens is 3. The summed E-state index contributed by atoms with van der Waals surface area (Å²) in [6.45, 7) is 1.71. The molecule has 4 rings (SSSR count). The van der Waals surface area contributed by atoms with Crippen molar-refractivity contribution in [1.82, 2.24) is 9.55 Å². The monoisotopic (exact) mass is 453 g/mol. The minimum absolute atomic E-state index is 0.0563. The molecule has 0 aliphatic rings. The van der Waals surface area contributed by atoms with Gasteiger partial charge in [0.2, 0.25) is 0 Å². The van der Waals surface area contributed by atoms with Crippen molar-refractivity contribution in [3.63, 3.8) is 0 Å². The van der Waals surface area contributed by atoms with Gasteiger partial charge >= 0.3 is 6.18 Å². The van der Waals surface area contributed by atoms with Gasteiger partial charge < -0.3 is 10.1 Å². The molecule has 9 heteroatoms. The van der Waals surface area contributed by atoms with Crippen molar-refractivity contribution in [3.05, 3.63) is 94.0 Å². The lowest BCUT2D eigenvalue weighted by molar-refractivity contribution is -0.137. The van der Waals surface area contributed by atoms with E-state index >= 15 is 0 Å². The lowest BCUT2D eigenvalue weighted by atomic mass is 10.1. The molecule has 0 unspecified atom stereocenters. The number of fused-ring (bicyclic) bond motifs is 1. The van der Waals surface area contributed by atoms with Crippen LogP contribution in [0.5, 0.6) is 5.75 Å². The summed E-state index contributed by atoms with van der Waals surface area (Å²) in [5.74, 6) is 0.532. The largest absolute Gasteiger partial charge is 0.497 e. The number of ether oxygens (including phenoxy) is 1. The van der Waals surface area contributed by atoms with Crippen LogP contribution >= 0.6 is 0 Å². The highest BCUT2D eigenvalue weighted by Gasteiger charge is 2.30. The minimum Gasteiger partial charge on any atom is -0.497 e. The highest BCUT2D eigenvalue weighted by molar-refractivity contribution is 6.05. The van der Waals surface area contributed by atoms with E-state index in [0.29, 0.717) is 28.5 Å². The van der Waals surface area contributed by atoms with E-state index in [1.54, 1.807) is 50.4 Å². The number of nitrogens with one attached hydrogen (secondary N) is 1. The molecule has 168 valence electrons. The van der Waals surface area contributed by atoms with Gasteiger partial charge in [0.05, 0.1) is 29.3 Å². The number of hydrogen-bond acceptors (Lipinski definition) is 4. The van der Waals surface area contributed by atoms with Gasteiger partial charge in [-0.2, -0.15) is 13.2 Å². The number of carbonyl (C=O) groups is 1. The van der Waals surface area contributed by atoms with Gasteiger partial charge in [0.25, 0.3) is 11.5 Å². The smallest absolute Gasteiger partial charge is 0.416 e. The summed E-state index contributed by atoms with van der Waals surface area (Å²) in [4.78, 5) is 30.2. The number of hydrogen-bond donors (Lipinski definition) is 1. The number of nitrogens with zero attached hydrogens (tertiary/aromatic N) is 2. The summed E-state index contributed by atoms with van der Waals surface area (Å²) in [5.41, 5.74) is 0.262. The number of methoxy groups -OCH3 is 1. The number of aryl methyl sites for hydroxylation is 1. The maximum atomic E-state index is 13.2. The molecule has 1 amide bonds. The maximum absolute atomic E-state index is 13.2. The third-order valence-electron chi connectivity index (χ3n) is 5.10. The molecular weight excluding hydrogens is 435 g/mol. The molecule has 0 fully saturated rings. The molecule has 0 radical (unpaired) electrons. The molecule has 1 heterocycles. The highest BCUT2D eigenvalue weighted by Crippen LogP contribution is 2.29. The van der Waals surface area contributed by atoms with Crippen LogP contribution in [0.1, 0.15) is 21.7 Å². The Morgan fingerprint density at radius 3 is 2.27 bits per heavy atom. The summed E-state index contributed by atoms with van der Waals surface area (Å²) < 4.78 is 44.8. The van der Waals surface area contributed by atoms with Crippen LogP contribution in [-0.2, 0) is 6.18 Å². The summed E-state index contributed by atoms with van der Waals surface area (Å²) in [6, 6.07) is 15.5. The summed E-state index contributed by atoms with van der Waals surface area (Å²) >= 11 is 0. The van der Waals surface area contributed by atoms with Gasteiger partial charge in [0.15, 0.2) is 0 Å². The maximum Gasteiger partial charge on any atom is 0.416 e. The quantitative estimate of drug-likeness (QED) is 0.473. The Kier molecular flexibility index (Phi) is 5.63. The molecule has 1 N–H and O–H groups in total. The fraction of sp³-hybridized carbons (Fsp3) is 0.125. The van der Waals surface area contributed by atoms with E-state index in [-0.39, 0.29) is 16.5 Å². The van der Waals surface area contributed by atoms with Crippen LogP contribution in [0.15, 0.2) is 71.5 Å². The first-order valence-corrected chi connectivity index (χ1v) is 9.84. The standard InChI is InChI=1S/C24H18F3N3O3/c1-14-28-21-12-7-17(29-22(31)15-3-5-16(6-4-15)24(25,26)27)13-20(21)23(32)30(14)18-8-10-19(33-2)11-9-18/h3-13H,1-2H3,(H,29,31). The zero-order valence-corrected chi connectivity index (χ0v) is 17.6. The van der Waals surface area contributed by atoms with Gasteiger partial charge in [0, 0.05) is 11.3 Å². The van der Waals surface area contributed by atoms with Crippen molar-refractivity contribution in [2.75, 3.05) is 12.4 Å². The van der Waals surface area contributed by atoms with E-state index in [9.17, 15) is 22.8 Å². The Bertz CT molecular complexity index is 1390. The molecule has 0 aliphatic carbocycles. The first-order valence-electron chi connectivity index (χ1n) is 9.84. The van der Waals surface area contributed by atoms with Crippen molar-refractivity contribution in [2.45, 2.75) is 13.1 Å². The summed E-state index contributed by atoms with van der Waals surface area (Å²) in [7, 11) is 1.55. The zero-order valence-electron chi connectivity index (χ0n) is 17.6. The normalized spacial score (nSPS) is 11.4. The molecule has 33 heavy (non-hydrogen) atoms. The molecule has 0 atom stereocenters. The Morgan fingerprint density at radius 2 is 1.67 bits per heavy atom. The van der Waals surface area contributed by atoms with Gasteiger partial charge in [-0.05, 0) is 73.7 Å². The molecule has 0 aliphatic heterocycles. The molecule has 4 aromatic rings. The van der Waals surface area contributed by atoms with Crippen molar-refractivity contribution >= 4 is 22.5 Å². The first-order chi connectivity index (χ1) is 15.7. The van der Waals surface area contributed by atoms with Crippen LogP contribution in [0.2, 0.25) is 0 Å². The molecule has 0 spiro atoms. The number of rotatable bonds is 4. The predicted octanol–water partition coefficient (Wildman–Crippen LogP) is 4.97. The SMILES string of the molecule is COc1ccc(-n2c(C)nc3ccc(NC(=O)c4ccc(C(F)(F)F)cc4)cc3c2=O)cc1. The van der Waals surface area contributed by atoms with E-state index < -0.39 is 17.6 Å². The molecular formula is C24H18F3N3O3. The number of alkyl halides is 3. The van der Waals surface area contributed by atoms with Crippen LogP contribution in [0.25, 0.3) is 16.6 Å². The third kappa shape index (κ3) is 4.43. The molecule has 0 saturated carbocycles. The highest BCUT2D eigenvalue weighted by atomic mass is 19.4. The fourth-order valence-corrected chi connectivity index (χ4v) is 3.42. The second-order valence-corrected chi connectivity index (χ2v) is 7.26. The van der Waals surface area contributed by atoms with Crippen molar-refractivity contribution in [2.24, 2.45) is 0 Å². The molecule has 3 aromatic carbocycles. The number of amides is 1. The van der Waals surface area contributed by atoms with Crippen LogP contribution in [0.4, 0.5) is 18.9 Å². The second kappa shape index (κ2) is 8.42. The van der Waals surface area contributed by atoms with Crippen molar-refractivity contribution in [3.8, 4) is 11.4 Å². The zero-order chi connectivity index (χ0) is 23.8. The second-order valence-electron chi connectivity index (χ2n) is 7.26. The van der Waals surface area contributed by atoms with E-state index in [0.717, 1.165) is 24.3 Å². The average Bonchev–Trinajstić information content (AvgIpc) is 2.79. The van der Waals surface area contributed by atoms with Crippen LogP contribution in [0.3, 0.4) is 0 Å². The predicted molar refractivity (Wildman–Crippen MR) is 118 cm³/mol. The summed E-state index contributed by atoms with van der Waals surface area (Å²) in [6.07, 6.45) is -4.48. The van der Waals surface area contributed by atoms with Gasteiger partial charge in [-0.15, -0.1) is 0 Å². The summed E-state index contributed by atoms with van der Waals surface area (Å²) in [5, 5.41) is 2.89. The third-order valence-corrected chi connectivity index (χ3v) is 5.10. The number of benzene rings is 3. The molecule has 0 bridgehead atoms. The van der Waals surface area contributed by atoms with E-state index in [2.05, 4.69) is 10.3 Å². The Balaban J connectivity index is 1.67. The first kappa shape index (κ1) is 22.1. The van der Waals surface area contributed by atoms with Gasteiger partial charge in [-0.25, -0.2) is 4.98 Å². The van der Waals surface area contributed by atoms with Crippen molar-refractivity contribution < 1.29 is 22.7 Å². The molecule has 1 aromatic heterocycles. The average molecular weight is 453 g/mol. The van der Waals surface area contributed by atoms with Gasteiger partial charge in [0.1, 0.15) is 11.6 Å². The Hall–Kier alpha value is -4.14. The topological polar surface area (TPSA) is 73.2 Å². The van der Waals surface area contributed by atoms with Crippen LogP contribution in [0, 0.1) is 6.92 Å². The Morgan fingerprint density at radius 1 is 1.00 bits per heavy atom. The Labute approximate surface area is 186 Å². The van der Waals surface area contributed by atoms with Crippen LogP contribution in [-0.4, -0.2) is 22.6 Å². The van der Waals surface area contributed by atoms with Crippen LogP contribution < -0.4 is 15.6 Å². The van der Waals surface area contributed by atoms with Gasteiger partial charge in [-0.1, -0.05) is 0 Å². The van der Waals surface area contributed by atoms with Gasteiger partial charge in [-0.3, -0.25) is 14.2 Å². The molecule has 0 saturated heterocycles.